The average Bonchev–Trinajstić information content (AvgIpc) is 3.62. The highest BCUT2D eigenvalue weighted by Crippen LogP contribution is 2.52. The number of piperidine rings is 1. The Morgan fingerprint density at radius 1 is 1.26 bits per heavy atom. The number of rotatable bonds is 8. The number of hydrogen-bond acceptors (Lipinski definition) is 4. The van der Waals surface area contributed by atoms with Crippen molar-refractivity contribution in [2.75, 3.05) is 26.2 Å². The van der Waals surface area contributed by atoms with E-state index in [1.165, 1.54) is 23.1 Å². The van der Waals surface area contributed by atoms with Gasteiger partial charge in [-0.15, -0.1) is 0 Å². The highest BCUT2D eigenvalue weighted by atomic mass is 19.3. The average molecular weight is 478 g/mol. The van der Waals surface area contributed by atoms with Crippen LogP contribution in [0.5, 0.6) is 0 Å². The normalized spacial score (nSPS) is 23.1. The van der Waals surface area contributed by atoms with Crippen LogP contribution in [0.2, 0.25) is 0 Å². The van der Waals surface area contributed by atoms with E-state index in [0.717, 1.165) is 32.0 Å². The van der Waals surface area contributed by atoms with Gasteiger partial charge in [0.05, 0.1) is 18.0 Å². The van der Waals surface area contributed by atoms with Gasteiger partial charge in [-0.1, -0.05) is 18.2 Å². The van der Waals surface area contributed by atoms with Crippen molar-refractivity contribution in [3.05, 3.63) is 35.6 Å². The number of carbonyl (C=O) groups is 2. The number of nitriles is 1. The zero-order valence-corrected chi connectivity index (χ0v) is 19.0. The van der Waals surface area contributed by atoms with Crippen LogP contribution in [-0.4, -0.2) is 65.9 Å². The van der Waals surface area contributed by atoms with E-state index < -0.39 is 53.9 Å². The predicted octanol–water partition coefficient (Wildman–Crippen LogP) is 2.66. The van der Waals surface area contributed by atoms with Crippen LogP contribution in [0.3, 0.4) is 0 Å². The molecule has 1 aliphatic carbocycles. The van der Waals surface area contributed by atoms with Crippen molar-refractivity contribution in [1.29, 1.82) is 5.26 Å². The predicted molar refractivity (Wildman–Crippen MR) is 118 cm³/mol. The molecule has 7 nitrogen and oxygen atoms in total. The van der Waals surface area contributed by atoms with Gasteiger partial charge in [-0.25, -0.2) is 18.0 Å². The minimum absolute atomic E-state index is 0.142. The molecule has 2 aliphatic heterocycles. The third kappa shape index (κ3) is 4.99. The Balaban J connectivity index is 1.58. The molecular formula is C24H30F3N5O2. The molecule has 10 heteroatoms. The highest BCUT2D eigenvalue weighted by Gasteiger charge is 2.60. The van der Waals surface area contributed by atoms with Crippen LogP contribution in [0.4, 0.5) is 18.0 Å². The molecule has 3 aliphatic rings. The molecule has 184 valence electrons. The van der Waals surface area contributed by atoms with Crippen LogP contribution >= 0.6 is 0 Å². The smallest absolute Gasteiger partial charge is 0.315 e. The second-order valence-corrected chi connectivity index (χ2v) is 9.85. The lowest BCUT2D eigenvalue weighted by Gasteiger charge is -2.62. The van der Waals surface area contributed by atoms with Gasteiger partial charge in [0.2, 0.25) is 5.91 Å². The quantitative estimate of drug-likeness (QED) is 0.562. The zero-order valence-electron chi connectivity index (χ0n) is 19.0. The van der Waals surface area contributed by atoms with Crippen molar-refractivity contribution in [1.82, 2.24) is 15.1 Å². The number of alkyl halides is 2. The number of hydrogen-bond donors (Lipinski definition) is 2. The number of amides is 3. The molecule has 1 spiro atoms. The van der Waals surface area contributed by atoms with Crippen LogP contribution in [-0.2, 0) is 11.2 Å². The summed E-state index contributed by atoms with van der Waals surface area (Å²) in [4.78, 5) is 28.9. The molecule has 34 heavy (non-hydrogen) atoms. The Bertz CT molecular complexity index is 970. The number of nitrogens with zero attached hydrogens (tertiary/aromatic N) is 3. The Morgan fingerprint density at radius 3 is 2.53 bits per heavy atom. The van der Waals surface area contributed by atoms with E-state index in [4.69, 9.17) is 11.0 Å². The fourth-order valence-corrected chi connectivity index (χ4v) is 5.76. The lowest BCUT2D eigenvalue weighted by atomic mass is 9.60. The molecule has 0 radical (unpaired) electrons. The van der Waals surface area contributed by atoms with Gasteiger partial charge < -0.3 is 20.9 Å². The van der Waals surface area contributed by atoms with Crippen LogP contribution in [0.1, 0.15) is 37.7 Å². The molecule has 3 N–H and O–H groups in total. The lowest BCUT2D eigenvalue weighted by Crippen LogP contribution is -2.73. The number of benzene rings is 1. The fraction of sp³-hybridized carbons (Fsp3) is 0.625. The second kappa shape index (κ2) is 9.45. The number of likely N-dealkylation sites (tertiary alicyclic amines) is 2. The first-order chi connectivity index (χ1) is 16.2. The minimum Gasteiger partial charge on any atom is -0.351 e. The summed E-state index contributed by atoms with van der Waals surface area (Å²) in [5.41, 5.74) is 4.94. The molecule has 1 aromatic carbocycles. The number of carbonyl (C=O) groups excluding carboxylic acids is 2. The Hall–Kier alpha value is -2.80. The van der Waals surface area contributed by atoms with Crippen LogP contribution in [0.25, 0.3) is 0 Å². The third-order valence-corrected chi connectivity index (χ3v) is 7.57. The van der Waals surface area contributed by atoms with Crippen molar-refractivity contribution in [3.63, 3.8) is 0 Å². The summed E-state index contributed by atoms with van der Waals surface area (Å²) in [6.07, 6.45) is 1.93. The standard InChI is InChI=1S/C24H30F3N5O2/c25-19-4-2-1-3-16(19)13-24(26,27)14-18(21(33)30-10-9-28)20-23(15-32(20)22(29)34)7-11-31(12-8-23)17-5-6-17/h1-4,17-18,20H,5-8,10-15H2,(H2,29,34)(H,30,33)/t18-,20?/m0/s1. The van der Waals surface area contributed by atoms with Gasteiger partial charge in [0.25, 0.3) is 5.92 Å². The van der Waals surface area contributed by atoms with Gasteiger partial charge >= 0.3 is 6.03 Å². The maximum Gasteiger partial charge on any atom is 0.315 e. The van der Waals surface area contributed by atoms with Gasteiger partial charge in [0.1, 0.15) is 12.4 Å². The van der Waals surface area contributed by atoms with Crippen LogP contribution in [0.15, 0.2) is 24.3 Å². The Kier molecular flexibility index (Phi) is 6.76. The number of nitrogens with one attached hydrogen (secondary N) is 1. The second-order valence-electron chi connectivity index (χ2n) is 9.85. The summed E-state index contributed by atoms with van der Waals surface area (Å²) in [6, 6.07) is 6.13. The molecule has 2 saturated heterocycles. The topological polar surface area (TPSA) is 102 Å². The zero-order chi connectivity index (χ0) is 24.5. The number of nitrogens with two attached hydrogens (primary N) is 1. The van der Waals surface area contributed by atoms with E-state index in [1.807, 2.05) is 0 Å². The first-order valence-electron chi connectivity index (χ1n) is 11.7. The summed E-state index contributed by atoms with van der Waals surface area (Å²) in [7, 11) is 0. The summed E-state index contributed by atoms with van der Waals surface area (Å²) in [5, 5.41) is 11.3. The molecule has 3 fully saturated rings. The van der Waals surface area contributed by atoms with E-state index in [1.54, 1.807) is 6.07 Å². The number of primary amides is 1. The minimum atomic E-state index is -3.41. The van der Waals surface area contributed by atoms with Crippen molar-refractivity contribution in [2.24, 2.45) is 17.1 Å². The Labute approximate surface area is 197 Å². The van der Waals surface area contributed by atoms with Crippen LogP contribution in [0, 0.1) is 28.5 Å². The lowest BCUT2D eigenvalue weighted by molar-refractivity contribution is -0.152. The van der Waals surface area contributed by atoms with Crippen molar-refractivity contribution in [3.8, 4) is 6.07 Å². The third-order valence-electron chi connectivity index (χ3n) is 7.57. The maximum atomic E-state index is 15.2. The molecule has 2 atom stereocenters. The van der Waals surface area contributed by atoms with Crippen molar-refractivity contribution < 1.29 is 22.8 Å². The van der Waals surface area contributed by atoms with Crippen LogP contribution < -0.4 is 11.1 Å². The summed E-state index contributed by atoms with van der Waals surface area (Å²) in [5.74, 6) is -6.14. The van der Waals surface area contributed by atoms with Gasteiger partial charge in [0, 0.05) is 30.8 Å². The largest absolute Gasteiger partial charge is 0.351 e. The monoisotopic (exact) mass is 477 g/mol. The SMILES string of the molecule is N#CCNC(=O)[C@@H](CC(F)(F)Cc1ccccc1F)C1N(C(N)=O)CC12CCN(C1CC1)CC2. The van der Waals surface area contributed by atoms with E-state index in [2.05, 4.69) is 10.2 Å². The highest BCUT2D eigenvalue weighted by molar-refractivity contribution is 5.82. The van der Waals surface area contributed by atoms with E-state index in [0.29, 0.717) is 25.4 Å². The first-order valence-corrected chi connectivity index (χ1v) is 11.7. The maximum absolute atomic E-state index is 15.2. The summed E-state index contributed by atoms with van der Waals surface area (Å²) >= 11 is 0. The molecule has 2 heterocycles. The Morgan fingerprint density at radius 2 is 1.94 bits per heavy atom. The molecule has 1 aromatic rings. The number of urea groups is 1. The van der Waals surface area contributed by atoms with E-state index in [9.17, 15) is 14.0 Å². The molecule has 4 rings (SSSR count). The molecule has 0 bridgehead atoms. The van der Waals surface area contributed by atoms with Gasteiger partial charge in [-0.2, -0.15) is 5.26 Å². The van der Waals surface area contributed by atoms with E-state index in [-0.39, 0.29) is 12.1 Å². The van der Waals surface area contributed by atoms with E-state index >= 15 is 8.78 Å². The first kappa shape index (κ1) is 24.3. The fourth-order valence-electron chi connectivity index (χ4n) is 5.76. The molecule has 3 amide bonds. The molecule has 1 unspecified atom stereocenters. The molecule has 1 saturated carbocycles. The van der Waals surface area contributed by atoms with Gasteiger partial charge in [0.15, 0.2) is 0 Å². The van der Waals surface area contributed by atoms with Crippen molar-refractivity contribution >= 4 is 11.9 Å². The summed E-state index contributed by atoms with van der Waals surface area (Å²) < 4.78 is 44.6. The number of halogens is 3. The molecular weight excluding hydrogens is 447 g/mol. The van der Waals surface area contributed by atoms with Gasteiger partial charge in [-0.3, -0.25) is 4.79 Å². The van der Waals surface area contributed by atoms with Crippen molar-refractivity contribution in [2.45, 2.75) is 56.5 Å². The molecule has 0 aromatic heterocycles. The summed E-state index contributed by atoms with van der Waals surface area (Å²) in [6.45, 7) is 1.56. The van der Waals surface area contributed by atoms with Gasteiger partial charge in [-0.05, 0) is 50.4 Å².